The van der Waals surface area contributed by atoms with Crippen LogP contribution in [0.15, 0.2) is 18.6 Å². The first kappa shape index (κ1) is 14.7. The van der Waals surface area contributed by atoms with Crippen LogP contribution in [-0.2, 0) is 13.0 Å². The molecule has 0 bridgehead atoms. The molecule has 0 atom stereocenters. The zero-order chi connectivity index (χ0) is 15.6. The van der Waals surface area contributed by atoms with Crippen molar-refractivity contribution in [1.82, 2.24) is 30.0 Å². The normalized spacial score (nSPS) is 23.7. The van der Waals surface area contributed by atoms with E-state index in [9.17, 15) is 0 Å². The van der Waals surface area contributed by atoms with Crippen LogP contribution < -0.4 is 11.1 Å². The average Bonchev–Trinajstić information content (AvgIpc) is 3.30. The highest BCUT2D eigenvalue weighted by Gasteiger charge is 2.36. The topological polar surface area (TPSA) is 94.5 Å². The van der Waals surface area contributed by atoms with Gasteiger partial charge in [-0.25, -0.2) is 0 Å². The fourth-order valence-corrected chi connectivity index (χ4v) is 3.22. The van der Waals surface area contributed by atoms with Crippen LogP contribution >= 0.6 is 0 Å². The SMILES string of the molecule is NC1CC(c2nnc(CNCCc3cnccn3)n2C2CC2)C1. The van der Waals surface area contributed by atoms with Crippen LogP contribution in [-0.4, -0.2) is 37.3 Å². The zero-order valence-corrected chi connectivity index (χ0v) is 13.2. The van der Waals surface area contributed by atoms with Crippen LogP contribution in [0.25, 0.3) is 0 Å². The first-order valence-corrected chi connectivity index (χ1v) is 8.46. The molecule has 2 heterocycles. The smallest absolute Gasteiger partial charge is 0.147 e. The maximum absolute atomic E-state index is 5.93. The lowest BCUT2D eigenvalue weighted by Crippen LogP contribution is -2.36. The van der Waals surface area contributed by atoms with Crippen LogP contribution in [0.5, 0.6) is 0 Å². The van der Waals surface area contributed by atoms with Gasteiger partial charge in [-0.2, -0.15) is 0 Å². The van der Waals surface area contributed by atoms with Gasteiger partial charge in [-0.1, -0.05) is 0 Å². The van der Waals surface area contributed by atoms with Crippen molar-refractivity contribution in [1.29, 1.82) is 0 Å². The van der Waals surface area contributed by atoms with E-state index in [0.717, 1.165) is 49.7 Å². The minimum absolute atomic E-state index is 0.345. The molecule has 2 aliphatic rings. The van der Waals surface area contributed by atoms with Crippen molar-refractivity contribution in [2.45, 2.75) is 56.7 Å². The van der Waals surface area contributed by atoms with Crippen LogP contribution in [0.3, 0.4) is 0 Å². The second-order valence-corrected chi connectivity index (χ2v) is 6.63. The van der Waals surface area contributed by atoms with Crippen LogP contribution in [0, 0.1) is 0 Å². The lowest BCUT2D eigenvalue weighted by Gasteiger charge is -2.31. The van der Waals surface area contributed by atoms with Gasteiger partial charge in [0, 0.05) is 49.6 Å². The third-order valence-corrected chi connectivity index (χ3v) is 4.70. The van der Waals surface area contributed by atoms with Gasteiger partial charge in [0.25, 0.3) is 0 Å². The van der Waals surface area contributed by atoms with E-state index in [1.165, 1.54) is 12.8 Å². The minimum Gasteiger partial charge on any atom is -0.328 e. The molecule has 7 nitrogen and oxygen atoms in total. The molecule has 3 N–H and O–H groups in total. The van der Waals surface area contributed by atoms with Gasteiger partial charge in [-0.3, -0.25) is 9.97 Å². The number of aromatic nitrogens is 5. The van der Waals surface area contributed by atoms with Crippen LogP contribution in [0.4, 0.5) is 0 Å². The summed E-state index contributed by atoms with van der Waals surface area (Å²) < 4.78 is 2.37. The minimum atomic E-state index is 0.345. The molecule has 0 amide bonds. The van der Waals surface area contributed by atoms with Gasteiger partial charge in [0.15, 0.2) is 0 Å². The summed E-state index contributed by atoms with van der Waals surface area (Å²) in [5.41, 5.74) is 6.93. The Morgan fingerprint density at radius 3 is 2.78 bits per heavy atom. The molecule has 0 spiro atoms. The van der Waals surface area contributed by atoms with Gasteiger partial charge in [0.1, 0.15) is 11.6 Å². The van der Waals surface area contributed by atoms with Gasteiger partial charge < -0.3 is 15.6 Å². The molecule has 4 rings (SSSR count). The van der Waals surface area contributed by atoms with Crippen molar-refractivity contribution in [3.05, 3.63) is 35.9 Å². The molecule has 2 fully saturated rings. The van der Waals surface area contributed by atoms with Gasteiger partial charge >= 0.3 is 0 Å². The standard InChI is InChI=1S/C16H23N7/c17-12-7-11(8-12)16-22-21-15(23(16)14-1-2-14)10-18-4-3-13-9-19-5-6-20-13/h5-6,9,11-12,14,18H,1-4,7-8,10,17H2. The van der Waals surface area contributed by atoms with Crippen molar-refractivity contribution < 1.29 is 0 Å². The Kier molecular flexibility index (Phi) is 4.05. The molecular weight excluding hydrogens is 290 g/mol. The van der Waals surface area contributed by atoms with Gasteiger partial charge in [0.05, 0.1) is 12.2 Å². The fourth-order valence-electron chi connectivity index (χ4n) is 3.22. The van der Waals surface area contributed by atoms with Crippen LogP contribution in [0.1, 0.15) is 55.0 Å². The number of nitrogens with one attached hydrogen (secondary N) is 1. The fraction of sp³-hybridized carbons (Fsp3) is 0.625. The summed E-state index contributed by atoms with van der Waals surface area (Å²) in [7, 11) is 0. The first-order chi connectivity index (χ1) is 11.3. The summed E-state index contributed by atoms with van der Waals surface area (Å²) in [6.45, 7) is 1.61. The lowest BCUT2D eigenvalue weighted by molar-refractivity contribution is 0.327. The quantitative estimate of drug-likeness (QED) is 0.739. The van der Waals surface area contributed by atoms with Gasteiger partial charge in [0.2, 0.25) is 0 Å². The molecule has 0 saturated heterocycles. The van der Waals surface area contributed by atoms with E-state index in [1.54, 1.807) is 12.4 Å². The van der Waals surface area contributed by atoms with E-state index in [4.69, 9.17) is 5.73 Å². The molecule has 0 radical (unpaired) electrons. The number of nitrogens with zero attached hydrogens (tertiary/aromatic N) is 5. The number of nitrogens with two attached hydrogens (primary N) is 1. The van der Waals surface area contributed by atoms with E-state index in [-0.39, 0.29) is 0 Å². The Bertz CT molecular complexity index is 644. The van der Waals surface area contributed by atoms with E-state index < -0.39 is 0 Å². The number of hydrogen-bond acceptors (Lipinski definition) is 6. The van der Waals surface area contributed by atoms with Crippen molar-refractivity contribution in [3.8, 4) is 0 Å². The third-order valence-electron chi connectivity index (χ3n) is 4.70. The van der Waals surface area contributed by atoms with Crippen molar-refractivity contribution in [3.63, 3.8) is 0 Å². The highest BCUT2D eigenvalue weighted by Crippen LogP contribution is 2.42. The molecule has 122 valence electrons. The predicted molar refractivity (Wildman–Crippen MR) is 85.7 cm³/mol. The monoisotopic (exact) mass is 313 g/mol. The van der Waals surface area contributed by atoms with Crippen molar-refractivity contribution >= 4 is 0 Å². The molecule has 7 heteroatoms. The molecular formula is C16H23N7. The Morgan fingerprint density at radius 2 is 2.09 bits per heavy atom. The Balaban J connectivity index is 1.35. The Morgan fingerprint density at radius 1 is 1.22 bits per heavy atom. The molecule has 2 aromatic heterocycles. The molecule has 2 saturated carbocycles. The molecule has 0 unspecified atom stereocenters. The van der Waals surface area contributed by atoms with E-state index >= 15 is 0 Å². The average molecular weight is 313 g/mol. The predicted octanol–water partition coefficient (Wildman–Crippen LogP) is 0.940. The summed E-state index contributed by atoms with van der Waals surface area (Å²) in [5, 5.41) is 12.4. The highest BCUT2D eigenvalue weighted by molar-refractivity contribution is 5.12. The zero-order valence-electron chi connectivity index (χ0n) is 13.2. The highest BCUT2D eigenvalue weighted by atomic mass is 15.3. The van der Waals surface area contributed by atoms with Gasteiger partial charge in [-0.15, -0.1) is 10.2 Å². The maximum Gasteiger partial charge on any atom is 0.147 e. The van der Waals surface area contributed by atoms with E-state index in [0.29, 0.717) is 18.0 Å². The second kappa shape index (κ2) is 6.33. The Labute approximate surface area is 135 Å². The maximum atomic E-state index is 5.93. The molecule has 2 aliphatic carbocycles. The summed E-state index contributed by atoms with van der Waals surface area (Å²) in [4.78, 5) is 8.37. The number of hydrogen-bond donors (Lipinski definition) is 2. The molecule has 0 aliphatic heterocycles. The largest absolute Gasteiger partial charge is 0.328 e. The van der Waals surface area contributed by atoms with Crippen molar-refractivity contribution in [2.75, 3.05) is 6.54 Å². The molecule has 23 heavy (non-hydrogen) atoms. The third kappa shape index (κ3) is 3.25. The Hall–Kier alpha value is -1.86. The van der Waals surface area contributed by atoms with Crippen LogP contribution in [0.2, 0.25) is 0 Å². The first-order valence-electron chi connectivity index (χ1n) is 8.46. The summed E-state index contributed by atoms with van der Waals surface area (Å²) in [6.07, 6.45) is 10.7. The summed E-state index contributed by atoms with van der Waals surface area (Å²) in [6, 6.07) is 0.950. The molecule has 0 aromatic carbocycles. The lowest BCUT2D eigenvalue weighted by atomic mass is 9.80. The van der Waals surface area contributed by atoms with Gasteiger partial charge in [-0.05, 0) is 25.7 Å². The van der Waals surface area contributed by atoms with E-state index in [1.807, 2.05) is 6.20 Å². The summed E-state index contributed by atoms with van der Waals surface area (Å²) in [5.74, 6) is 2.72. The van der Waals surface area contributed by atoms with E-state index in [2.05, 4.69) is 30.0 Å². The number of rotatable bonds is 7. The molecule has 2 aromatic rings. The van der Waals surface area contributed by atoms with Crippen molar-refractivity contribution in [2.24, 2.45) is 5.73 Å². The second-order valence-electron chi connectivity index (χ2n) is 6.63. The summed E-state index contributed by atoms with van der Waals surface area (Å²) >= 11 is 0.